The Morgan fingerprint density at radius 1 is 1.44 bits per heavy atom. The van der Waals surface area contributed by atoms with Gasteiger partial charge in [-0.3, -0.25) is 5.10 Å². The van der Waals surface area contributed by atoms with Crippen LogP contribution in [0.3, 0.4) is 0 Å². The SMILES string of the molecule is Cc1ccc(-c2cc(C(=O)O)[nH]n2)cc1Cl. The van der Waals surface area contributed by atoms with E-state index in [1.807, 2.05) is 19.1 Å². The van der Waals surface area contributed by atoms with Gasteiger partial charge in [0.05, 0.1) is 5.69 Å². The number of hydrogen-bond donors (Lipinski definition) is 2. The van der Waals surface area contributed by atoms with Gasteiger partial charge in [0.15, 0.2) is 0 Å². The lowest BCUT2D eigenvalue weighted by atomic mass is 10.1. The normalized spacial score (nSPS) is 10.4. The molecule has 0 aliphatic heterocycles. The molecule has 0 aliphatic carbocycles. The van der Waals surface area contributed by atoms with E-state index in [1.165, 1.54) is 6.07 Å². The molecule has 0 unspecified atom stereocenters. The minimum absolute atomic E-state index is 0.0618. The van der Waals surface area contributed by atoms with Crippen LogP contribution in [0.1, 0.15) is 16.1 Å². The second-order valence-corrected chi connectivity index (χ2v) is 3.84. The molecule has 1 aromatic carbocycles. The summed E-state index contributed by atoms with van der Waals surface area (Å²) in [5, 5.41) is 15.7. The first-order valence-corrected chi connectivity index (χ1v) is 5.01. The molecule has 0 amide bonds. The van der Waals surface area contributed by atoms with E-state index in [0.29, 0.717) is 10.7 Å². The number of H-pyrrole nitrogens is 1. The summed E-state index contributed by atoms with van der Waals surface area (Å²) in [5.41, 5.74) is 2.39. The fraction of sp³-hybridized carbons (Fsp3) is 0.0909. The standard InChI is InChI=1S/C11H9ClN2O2/c1-6-2-3-7(4-8(6)12)9-5-10(11(15)16)14-13-9/h2-5H,1H3,(H,13,14)(H,15,16). The number of carbonyl (C=O) groups is 1. The largest absolute Gasteiger partial charge is 0.477 e. The topological polar surface area (TPSA) is 66.0 Å². The fourth-order valence-electron chi connectivity index (χ4n) is 1.33. The van der Waals surface area contributed by atoms with E-state index in [-0.39, 0.29) is 5.69 Å². The first kappa shape index (κ1) is 10.7. The maximum Gasteiger partial charge on any atom is 0.353 e. The zero-order chi connectivity index (χ0) is 11.7. The molecule has 0 saturated heterocycles. The third-order valence-electron chi connectivity index (χ3n) is 2.28. The number of nitrogens with one attached hydrogen (secondary N) is 1. The Bertz CT molecular complexity index is 549. The smallest absolute Gasteiger partial charge is 0.353 e. The van der Waals surface area contributed by atoms with Gasteiger partial charge in [-0.05, 0) is 24.6 Å². The second kappa shape index (κ2) is 3.98. The van der Waals surface area contributed by atoms with Crippen LogP contribution in [0.4, 0.5) is 0 Å². The molecule has 2 N–H and O–H groups in total. The molecule has 0 atom stereocenters. The number of benzene rings is 1. The number of aryl methyl sites for hydroxylation is 1. The molecule has 82 valence electrons. The molecule has 0 fully saturated rings. The minimum atomic E-state index is -1.03. The van der Waals surface area contributed by atoms with Crippen molar-refractivity contribution in [3.05, 3.63) is 40.5 Å². The first-order valence-electron chi connectivity index (χ1n) is 4.63. The predicted octanol–water partition coefficient (Wildman–Crippen LogP) is 2.74. The van der Waals surface area contributed by atoms with Crippen LogP contribution < -0.4 is 0 Å². The van der Waals surface area contributed by atoms with Crippen LogP contribution in [-0.2, 0) is 0 Å². The van der Waals surface area contributed by atoms with Gasteiger partial charge in [0.2, 0.25) is 0 Å². The van der Waals surface area contributed by atoms with Crippen LogP contribution in [0.25, 0.3) is 11.3 Å². The number of aromatic carboxylic acids is 1. The average molecular weight is 237 g/mol. The Hall–Kier alpha value is -1.81. The van der Waals surface area contributed by atoms with Crippen LogP contribution in [0.5, 0.6) is 0 Å². The lowest BCUT2D eigenvalue weighted by Crippen LogP contribution is -1.95. The average Bonchev–Trinajstić information content (AvgIpc) is 2.71. The molecule has 5 heteroatoms. The van der Waals surface area contributed by atoms with Gasteiger partial charge in [0, 0.05) is 10.6 Å². The van der Waals surface area contributed by atoms with E-state index in [0.717, 1.165) is 11.1 Å². The monoisotopic (exact) mass is 236 g/mol. The third-order valence-corrected chi connectivity index (χ3v) is 2.68. The zero-order valence-corrected chi connectivity index (χ0v) is 9.25. The Labute approximate surface area is 96.9 Å². The molecular formula is C11H9ClN2O2. The molecule has 1 aromatic heterocycles. The van der Waals surface area contributed by atoms with E-state index in [9.17, 15) is 4.79 Å². The van der Waals surface area contributed by atoms with Gasteiger partial charge in [0.25, 0.3) is 0 Å². The van der Waals surface area contributed by atoms with Gasteiger partial charge in [-0.2, -0.15) is 5.10 Å². The summed E-state index contributed by atoms with van der Waals surface area (Å²) < 4.78 is 0. The molecule has 1 heterocycles. The maximum atomic E-state index is 10.7. The minimum Gasteiger partial charge on any atom is -0.477 e. The quantitative estimate of drug-likeness (QED) is 0.843. The summed E-state index contributed by atoms with van der Waals surface area (Å²) in [7, 11) is 0. The van der Waals surface area contributed by atoms with Crippen LogP contribution >= 0.6 is 11.6 Å². The van der Waals surface area contributed by atoms with E-state index in [4.69, 9.17) is 16.7 Å². The third kappa shape index (κ3) is 1.92. The molecule has 16 heavy (non-hydrogen) atoms. The van der Waals surface area contributed by atoms with E-state index in [1.54, 1.807) is 6.07 Å². The van der Waals surface area contributed by atoms with Gasteiger partial charge in [0.1, 0.15) is 5.69 Å². The number of hydrogen-bond acceptors (Lipinski definition) is 2. The summed E-state index contributed by atoms with van der Waals surface area (Å²) in [6.45, 7) is 1.90. The van der Waals surface area contributed by atoms with Crippen LogP contribution in [0, 0.1) is 6.92 Å². The molecular weight excluding hydrogens is 228 g/mol. The summed E-state index contributed by atoms with van der Waals surface area (Å²) in [6.07, 6.45) is 0. The molecule has 0 saturated carbocycles. The Balaban J connectivity index is 2.42. The van der Waals surface area contributed by atoms with Crippen molar-refractivity contribution in [1.82, 2.24) is 10.2 Å². The molecule has 0 bridgehead atoms. The summed E-state index contributed by atoms with van der Waals surface area (Å²) in [5.74, 6) is -1.03. The highest BCUT2D eigenvalue weighted by Gasteiger charge is 2.09. The van der Waals surface area contributed by atoms with Crippen molar-refractivity contribution in [3.8, 4) is 11.3 Å². The van der Waals surface area contributed by atoms with Gasteiger partial charge in [-0.1, -0.05) is 23.7 Å². The van der Waals surface area contributed by atoms with E-state index in [2.05, 4.69) is 10.2 Å². The van der Waals surface area contributed by atoms with Crippen molar-refractivity contribution in [2.24, 2.45) is 0 Å². The molecule has 2 rings (SSSR count). The van der Waals surface area contributed by atoms with Gasteiger partial charge in [-0.25, -0.2) is 4.79 Å². The lowest BCUT2D eigenvalue weighted by Gasteiger charge is -2.00. The van der Waals surface area contributed by atoms with E-state index >= 15 is 0 Å². The number of halogens is 1. The Morgan fingerprint density at radius 2 is 2.19 bits per heavy atom. The summed E-state index contributed by atoms with van der Waals surface area (Å²) in [4.78, 5) is 10.7. The molecule has 4 nitrogen and oxygen atoms in total. The second-order valence-electron chi connectivity index (χ2n) is 3.44. The van der Waals surface area contributed by atoms with Crippen molar-refractivity contribution in [3.63, 3.8) is 0 Å². The van der Waals surface area contributed by atoms with Crippen molar-refractivity contribution in [1.29, 1.82) is 0 Å². The Morgan fingerprint density at radius 3 is 2.75 bits per heavy atom. The molecule has 0 spiro atoms. The number of aromatic nitrogens is 2. The first-order chi connectivity index (χ1) is 7.58. The molecule has 0 radical (unpaired) electrons. The molecule has 2 aromatic rings. The van der Waals surface area contributed by atoms with Crippen molar-refractivity contribution in [2.45, 2.75) is 6.92 Å². The number of aromatic amines is 1. The lowest BCUT2D eigenvalue weighted by molar-refractivity contribution is 0.0690. The highest BCUT2D eigenvalue weighted by Crippen LogP contribution is 2.24. The summed E-state index contributed by atoms with van der Waals surface area (Å²) in [6, 6.07) is 6.96. The van der Waals surface area contributed by atoms with Crippen molar-refractivity contribution < 1.29 is 9.90 Å². The van der Waals surface area contributed by atoms with Gasteiger partial charge >= 0.3 is 5.97 Å². The number of carboxylic acid groups (broad SMARTS) is 1. The highest BCUT2D eigenvalue weighted by molar-refractivity contribution is 6.31. The zero-order valence-electron chi connectivity index (χ0n) is 8.49. The Kier molecular flexibility index (Phi) is 2.66. The van der Waals surface area contributed by atoms with Crippen LogP contribution in [-0.4, -0.2) is 21.3 Å². The summed E-state index contributed by atoms with van der Waals surface area (Å²) >= 11 is 5.98. The fourth-order valence-corrected chi connectivity index (χ4v) is 1.51. The van der Waals surface area contributed by atoms with Gasteiger partial charge < -0.3 is 5.11 Å². The maximum absolute atomic E-state index is 10.7. The van der Waals surface area contributed by atoms with Gasteiger partial charge in [-0.15, -0.1) is 0 Å². The predicted molar refractivity (Wildman–Crippen MR) is 60.7 cm³/mol. The number of nitrogens with zero attached hydrogens (tertiary/aromatic N) is 1. The number of rotatable bonds is 2. The van der Waals surface area contributed by atoms with E-state index < -0.39 is 5.97 Å². The number of carboxylic acids is 1. The van der Waals surface area contributed by atoms with Crippen LogP contribution in [0.2, 0.25) is 5.02 Å². The highest BCUT2D eigenvalue weighted by atomic mass is 35.5. The molecule has 0 aliphatic rings. The van der Waals surface area contributed by atoms with Crippen molar-refractivity contribution in [2.75, 3.05) is 0 Å². The van der Waals surface area contributed by atoms with Crippen LogP contribution in [0.15, 0.2) is 24.3 Å². The van der Waals surface area contributed by atoms with Crippen molar-refractivity contribution >= 4 is 17.6 Å².